The van der Waals surface area contributed by atoms with Crippen LogP contribution in [0.4, 0.5) is 4.39 Å². The minimum atomic E-state index is -0.512. The number of aromatic nitrogens is 2. The van der Waals surface area contributed by atoms with Crippen molar-refractivity contribution in [1.82, 2.24) is 9.55 Å². The molecule has 5 nitrogen and oxygen atoms in total. The molecular formula is C21H21FN2O3S. The molecule has 2 aromatic carbocycles. The summed E-state index contributed by atoms with van der Waals surface area (Å²) in [5.41, 5.74) is 0.329. The number of carbonyl (C=O) groups is 1. The minimum Gasteiger partial charge on any atom is -0.466 e. The average Bonchev–Trinajstić information content (AvgIpc) is 2.69. The predicted molar refractivity (Wildman–Crippen MR) is 109 cm³/mol. The number of rotatable bonds is 8. The number of thioether (sulfide) groups is 1. The number of benzene rings is 2. The molecule has 146 valence electrons. The molecule has 28 heavy (non-hydrogen) atoms. The Kier molecular flexibility index (Phi) is 6.81. The number of para-hydroxylation sites is 2. The van der Waals surface area contributed by atoms with Gasteiger partial charge in [-0.2, -0.15) is 0 Å². The van der Waals surface area contributed by atoms with Crippen molar-refractivity contribution >= 4 is 28.6 Å². The molecule has 0 atom stereocenters. The molecule has 0 amide bonds. The van der Waals surface area contributed by atoms with E-state index in [9.17, 15) is 14.0 Å². The van der Waals surface area contributed by atoms with Crippen LogP contribution < -0.4 is 5.56 Å². The van der Waals surface area contributed by atoms with Crippen molar-refractivity contribution in [2.45, 2.75) is 31.3 Å². The third-order valence-corrected chi connectivity index (χ3v) is 5.08. The number of nitrogens with zero attached hydrogens (tertiary/aromatic N) is 2. The number of carbonyl (C=O) groups excluding carboxylic acids is 1. The van der Waals surface area contributed by atoms with E-state index < -0.39 is 5.82 Å². The zero-order valence-corrected chi connectivity index (χ0v) is 16.4. The van der Waals surface area contributed by atoms with Crippen molar-refractivity contribution in [3.63, 3.8) is 0 Å². The summed E-state index contributed by atoms with van der Waals surface area (Å²) in [6.45, 7) is 2.44. The molecule has 1 heterocycles. The Labute approximate surface area is 166 Å². The third-order valence-electron chi connectivity index (χ3n) is 4.14. The highest BCUT2D eigenvalue weighted by Crippen LogP contribution is 2.23. The predicted octanol–water partition coefficient (Wildman–Crippen LogP) is 4.35. The van der Waals surface area contributed by atoms with Crippen LogP contribution in [0.5, 0.6) is 0 Å². The number of hydrogen-bond donors (Lipinski definition) is 0. The highest BCUT2D eigenvalue weighted by Gasteiger charge is 2.16. The SMILES string of the molecule is CCCCOC(=O)CCSc1nc2ccccc2c(=O)n1-c1ccccc1F. The lowest BCUT2D eigenvalue weighted by Gasteiger charge is -2.13. The molecule has 0 spiro atoms. The molecule has 7 heteroatoms. The summed E-state index contributed by atoms with van der Waals surface area (Å²) in [6, 6.07) is 13.0. The lowest BCUT2D eigenvalue weighted by molar-refractivity contribution is -0.143. The number of halogens is 1. The maximum absolute atomic E-state index is 14.4. The van der Waals surface area contributed by atoms with Crippen molar-refractivity contribution in [3.8, 4) is 5.69 Å². The lowest BCUT2D eigenvalue weighted by atomic mass is 10.2. The highest BCUT2D eigenvalue weighted by atomic mass is 32.2. The van der Waals surface area contributed by atoms with Crippen molar-refractivity contribution in [1.29, 1.82) is 0 Å². The van der Waals surface area contributed by atoms with Gasteiger partial charge in [-0.25, -0.2) is 9.37 Å². The van der Waals surface area contributed by atoms with Crippen LogP contribution in [0.1, 0.15) is 26.2 Å². The van der Waals surface area contributed by atoms with Gasteiger partial charge >= 0.3 is 5.97 Å². The van der Waals surface area contributed by atoms with Crippen molar-refractivity contribution in [2.75, 3.05) is 12.4 Å². The van der Waals surface area contributed by atoms with Crippen LogP contribution in [-0.4, -0.2) is 27.9 Å². The highest BCUT2D eigenvalue weighted by molar-refractivity contribution is 7.99. The van der Waals surface area contributed by atoms with Gasteiger partial charge in [-0.1, -0.05) is 49.4 Å². The molecule has 1 aromatic heterocycles. The molecule has 0 saturated heterocycles. The van der Waals surface area contributed by atoms with E-state index in [4.69, 9.17) is 4.74 Å². The van der Waals surface area contributed by atoms with E-state index in [1.54, 1.807) is 36.4 Å². The van der Waals surface area contributed by atoms with Crippen LogP contribution in [0.25, 0.3) is 16.6 Å². The number of unbranched alkanes of at least 4 members (excludes halogenated alkanes) is 1. The van der Waals surface area contributed by atoms with Gasteiger partial charge in [0.2, 0.25) is 0 Å². The molecule has 0 aliphatic rings. The summed E-state index contributed by atoms with van der Waals surface area (Å²) >= 11 is 1.23. The zero-order valence-electron chi connectivity index (χ0n) is 15.6. The van der Waals surface area contributed by atoms with E-state index in [-0.39, 0.29) is 23.6 Å². The molecule has 0 unspecified atom stereocenters. The van der Waals surface area contributed by atoms with Crippen molar-refractivity contribution < 1.29 is 13.9 Å². The smallest absolute Gasteiger partial charge is 0.306 e. The standard InChI is InChI=1S/C21H21FN2O3S/c1-2-3-13-27-19(25)12-14-28-21-23-17-10-6-4-8-15(17)20(26)24(21)18-11-7-5-9-16(18)22/h4-11H,2-3,12-14H2,1H3. The van der Waals surface area contributed by atoms with Gasteiger partial charge in [0.1, 0.15) is 5.82 Å². The van der Waals surface area contributed by atoms with Gasteiger partial charge in [0.25, 0.3) is 5.56 Å². The van der Waals surface area contributed by atoms with E-state index in [0.29, 0.717) is 28.4 Å². The first-order valence-electron chi connectivity index (χ1n) is 9.17. The number of fused-ring (bicyclic) bond motifs is 1. The maximum Gasteiger partial charge on any atom is 0.306 e. The molecule has 0 bridgehead atoms. The number of esters is 1. The van der Waals surface area contributed by atoms with Crippen LogP contribution in [0.2, 0.25) is 0 Å². The van der Waals surface area contributed by atoms with Gasteiger partial charge in [0.05, 0.1) is 29.6 Å². The summed E-state index contributed by atoms with van der Waals surface area (Å²) in [5.74, 6) is -0.423. The second-order valence-electron chi connectivity index (χ2n) is 6.18. The Balaban J connectivity index is 1.90. The van der Waals surface area contributed by atoms with Gasteiger partial charge in [0.15, 0.2) is 5.16 Å². The van der Waals surface area contributed by atoms with E-state index in [2.05, 4.69) is 4.98 Å². The lowest BCUT2D eigenvalue weighted by Crippen LogP contribution is -2.22. The largest absolute Gasteiger partial charge is 0.466 e. The molecule has 3 rings (SSSR count). The minimum absolute atomic E-state index is 0.138. The zero-order chi connectivity index (χ0) is 19.9. The fraction of sp³-hybridized carbons (Fsp3) is 0.286. The summed E-state index contributed by atoms with van der Waals surface area (Å²) in [5, 5.41) is 0.754. The van der Waals surface area contributed by atoms with E-state index >= 15 is 0 Å². The van der Waals surface area contributed by atoms with Crippen LogP contribution >= 0.6 is 11.8 Å². The van der Waals surface area contributed by atoms with Crippen LogP contribution in [0.15, 0.2) is 58.5 Å². The molecule has 0 aliphatic heterocycles. The summed E-state index contributed by atoms with van der Waals surface area (Å²) < 4.78 is 20.8. The van der Waals surface area contributed by atoms with Crippen LogP contribution in [-0.2, 0) is 9.53 Å². The van der Waals surface area contributed by atoms with Gasteiger partial charge in [-0.05, 0) is 30.7 Å². The first-order valence-corrected chi connectivity index (χ1v) is 10.2. The molecule has 3 aromatic rings. The molecular weight excluding hydrogens is 379 g/mol. The van der Waals surface area contributed by atoms with Gasteiger partial charge in [-0.15, -0.1) is 0 Å². The Bertz CT molecular complexity index is 1040. The summed E-state index contributed by atoms with van der Waals surface area (Å²) in [7, 11) is 0. The quantitative estimate of drug-likeness (QED) is 0.243. The van der Waals surface area contributed by atoms with Crippen molar-refractivity contribution in [3.05, 3.63) is 64.7 Å². The van der Waals surface area contributed by atoms with E-state index in [1.165, 1.54) is 28.5 Å². The maximum atomic E-state index is 14.4. The second kappa shape index (κ2) is 9.50. The average molecular weight is 400 g/mol. The first kappa shape index (κ1) is 20.1. The molecule has 0 saturated carbocycles. The summed E-state index contributed by atoms with van der Waals surface area (Å²) in [4.78, 5) is 29.4. The number of hydrogen-bond acceptors (Lipinski definition) is 5. The second-order valence-corrected chi connectivity index (χ2v) is 7.24. The van der Waals surface area contributed by atoms with Crippen molar-refractivity contribution in [2.24, 2.45) is 0 Å². The van der Waals surface area contributed by atoms with Gasteiger partial charge in [-0.3, -0.25) is 14.2 Å². The Morgan fingerprint density at radius 1 is 1.18 bits per heavy atom. The normalized spacial score (nSPS) is 10.9. The van der Waals surface area contributed by atoms with Gasteiger partial charge in [0, 0.05) is 5.75 Å². The molecule has 0 aliphatic carbocycles. The number of ether oxygens (including phenoxy) is 1. The molecule has 0 fully saturated rings. The van der Waals surface area contributed by atoms with Crippen LogP contribution in [0.3, 0.4) is 0 Å². The Hall–Kier alpha value is -2.67. The third kappa shape index (κ3) is 4.59. The fourth-order valence-corrected chi connectivity index (χ4v) is 3.61. The topological polar surface area (TPSA) is 61.2 Å². The van der Waals surface area contributed by atoms with Crippen LogP contribution in [0, 0.1) is 5.82 Å². The first-order chi connectivity index (χ1) is 13.6. The van der Waals surface area contributed by atoms with Gasteiger partial charge < -0.3 is 4.74 Å². The van der Waals surface area contributed by atoms with E-state index in [1.807, 2.05) is 6.92 Å². The monoisotopic (exact) mass is 400 g/mol. The molecule has 0 N–H and O–H groups in total. The summed E-state index contributed by atoms with van der Waals surface area (Å²) in [6.07, 6.45) is 1.98. The Morgan fingerprint density at radius 2 is 1.93 bits per heavy atom. The fourth-order valence-electron chi connectivity index (χ4n) is 2.68. The Morgan fingerprint density at radius 3 is 2.71 bits per heavy atom. The molecule has 0 radical (unpaired) electrons. The van der Waals surface area contributed by atoms with E-state index in [0.717, 1.165) is 12.8 Å².